The molecule has 2 aromatic rings. The topological polar surface area (TPSA) is 24.9 Å². The average molecular weight is 295 g/mol. The molecule has 0 saturated heterocycles. The highest BCUT2D eigenvalue weighted by molar-refractivity contribution is 6.42. The molecule has 1 atom stereocenters. The third-order valence-corrected chi connectivity index (χ3v) is 3.82. The van der Waals surface area contributed by atoms with E-state index in [1.165, 1.54) is 11.1 Å². The number of rotatable bonds is 5. The van der Waals surface area contributed by atoms with Crippen molar-refractivity contribution in [3.8, 4) is 0 Å². The van der Waals surface area contributed by atoms with E-state index >= 15 is 0 Å². The van der Waals surface area contributed by atoms with Crippen molar-refractivity contribution in [1.29, 1.82) is 0 Å². The number of hydrogen-bond acceptors (Lipinski definition) is 2. The molecule has 19 heavy (non-hydrogen) atoms. The van der Waals surface area contributed by atoms with Gasteiger partial charge >= 0.3 is 0 Å². The van der Waals surface area contributed by atoms with E-state index in [1.54, 1.807) is 6.20 Å². The van der Waals surface area contributed by atoms with Crippen LogP contribution in [0.4, 0.5) is 0 Å². The monoisotopic (exact) mass is 294 g/mol. The van der Waals surface area contributed by atoms with E-state index in [9.17, 15) is 0 Å². The lowest BCUT2D eigenvalue weighted by Crippen LogP contribution is -2.29. The molecule has 1 N–H and O–H groups in total. The molecule has 0 aliphatic carbocycles. The van der Waals surface area contributed by atoms with Crippen LogP contribution in [0.2, 0.25) is 10.0 Å². The first-order chi connectivity index (χ1) is 9.19. The zero-order chi connectivity index (χ0) is 13.7. The van der Waals surface area contributed by atoms with Crippen LogP contribution >= 0.6 is 23.2 Å². The van der Waals surface area contributed by atoms with Gasteiger partial charge in [0.1, 0.15) is 0 Å². The van der Waals surface area contributed by atoms with Crippen molar-refractivity contribution in [3.05, 3.63) is 63.9 Å². The van der Waals surface area contributed by atoms with Gasteiger partial charge in [-0.1, -0.05) is 35.3 Å². The summed E-state index contributed by atoms with van der Waals surface area (Å²) in [6.45, 7) is 0. The van der Waals surface area contributed by atoms with Crippen LogP contribution in [0.15, 0.2) is 42.7 Å². The van der Waals surface area contributed by atoms with Gasteiger partial charge in [-0.25, -0.2) is 0 Å². The highest BCUT2D eigenvalue weighted by Crippen LogP contribution is 2.23. The Morgan fingerprint density at radius 3 is 2.53 bits per heavy atom. The van der Waals surface area contributed by atoms with E-state index in [2.05, 4.69) is 16.4 Å². The normalized spacial score (nSPS) is 12.4. The fourth-order valence-corrected chi connectivity index (χ4v) is 2.35. The summed E-state index contributed by atoms with van der Waals surface area (Å²) in [7, 11) is 1.97. The van der Waals surface area contributed by atoms with Gasteiger partial charge in [0.2, 0.25) is 0 Å². The third kappa shape index (κ3) is 4.20. The van der Waals surface area contributed by atoms with Crippen molar-refractivity contribution in [2.45, 2.75) is 18.9 Å². The molecule has 0 fully saturated rings. The second kappa shape index (κ2) is 6.90. The fourth-order valence-electron chi connectivity index (χ4n) is 2.03. The van der Waals surface area contributed by atoms with Gasteiger partial charge < -0.3 is 5.32 Å². The maximum atomic E-state index is 6.04. The van der Waals surface area contributed by atoms with Gasteiger partial charge in [0.15, 0.2) is 0 Å². The molecule has 1 unspecified atom stereocenters. The molecule has 0 aliphatic heterocycles. The second-order valence-corrected chi connectivity index (χ2v) is 5.32. The number of hydrogen-bond donors (Lipinski definition) is 1. The van der Waals surface area contributed by atoms with E-state index in [0.29, 0.717) is 16.1 Å². The second-order valence-electron chi connectivity index (χ2n) is 4.50. The molecule has 1 aromatic carbocycles. The average Bonchev–Trinajstić information content (AvgIpc) is 2.43. The minimum Gasteiger partial charge on any atom is -0.316 e. The smallest absolute Gasteiger partial charge is 0.0595 e. The van der Waals surface area contributed by atoms with Crippen molar-refractivity contribution in [2.75, 3.05) is 7.05 Å². The molecule has 1 heterocycles. The molecule has 2 nitrogen and oxygen atoms in total. The Morgan fingerprint density at radius 2 is 1.89 bits per heavy atom. The zero-order valence-electron chi connectivity index (χ0n) is 10.7. The van der Waals surface area contributed by atoms with Crippen molar-refractivity contribution in [2.24, 2.45) is 0 Å². The summed E-state index contributed by atoms with van der Waals surface area (Å²) in [6, 6.07) is 10.2. The van der Waals surface area contributed by atoms with E-state index in [0.717, 1.165) is 12.8 Å². The van der Waals surface area contributed by atoms with Crippen LogP contribution in [0, 0.1) is 0 Å². The van der Waals surface area contributed by atoms with Gasteiger partial charge in [-0.15, -0.1) is 0 Å². The number of nitrogens with zero attached hydrogens (tertiary/aromatic N) is 1. The summed E-state index contributed by atoms with van der Waals surface area (Å²) in [5, 5.41) is 4.53. The molecular weight excluding hydrogens is 279 g/mol. The Bertz CT molecular complexity index is 529. The van der Waals surface area contributed by atoms with Crippen LogP contribution in [0.1, 0.15) is 11.1 Å². The predicted octanol–water partition coefficient (Wildman–Crippen LogP) is 3.76. The van der Waals surface area contributed by atoms with Gasteiger partial charge in [0.05, 0.1) is 10.0 Å². The molecule has 1 aromatic heterocycles. The Labute approximate surface area is 123 Å². The quantitative estimate of drug-likeness (QED) is 0.908. The highest BCUT2D eigenvalue weighted by Gasteiger charge is 2.09. The molecule has 4 heteroatoms. The molecule has 0 spiro atoms. The summed E-state index contributed by atoms with van der Waals surface area (Å²) in [5.41, 5.74) is 2.40. The summed E-state index contributed by atoms with van der Waals surface area (Å²) >= 11 is 12.0. The minimum absolute atomic E-state index is 0.349. The molecule has 0 saturated carbocycles. The van der Waals surface area contributed by atoms with Gasteiger partial charge in [0.25, 0.3) is 0 Å². The number of likely N-dealkylation sites (N-methyl/N-ethyl adjacent to an activating group) is 1. The number of benzene rings is 1. The summed E-state index contributed by atoms with van der Waals surface area (Å²) in [4.78, 5) is 4.14. The summed E-state index contributed by atoms with van der Waals surface area (Å²) < 4.78 is 0. The van der Waals surface area contributed by atoms with Crippen LogP contribution < -0.4 is 5.32 Å². The Hall–Kier alpha value is -1.09. The number of pyridine rings is 1. The molecule has 0 amide bonds. The molecule has 100 valence electrons. The lowest BCUT2D eigenvalue weighted by atomic mass is 10.00. The van der Waals surface area contributed by atoms with Gasteiger partial charge in [-0.3, -0.25) is 4.98 Å². The maximum absolute atomic E-state index is 6.04. The third-order valence-electron chi connectivity index (χ3n) is 3.08. The van der Waals surface area contributed by atoms with Gasteiger partial charge in [-0.05, 0) is 49.2 Å². The molecule has 2 rings (SSSR count). The van der Waals surface area contributed by atoms with E-state index in [-0.39, 0.29) is 0 Å². The first-order valence-electron chi connectivity index (χ1n) is 6.19. The summed E-state index contributed by atoms with van der Waals surface area (Å²) in [6.07, 6.45) is 5.53. The summed E-state index contributed by atoms with van der Waals surface area (Å²) in [5.74, 6) is 0. The lowest BCUT2D eigenvalue weighted by molar-refractivity contribution is 0.556. The van der Waals surface area contributed by atoms with Crippen LogP contribution in [0.3, 0.4) is 0 Å². The Morgan fingerprint density at radius 1 is 1.11 bits per heavy atom. The Kier molecular flexibility index (Phi) is 5.20. The van der Waals surface area contributed by atoms with Crippen molar-refractivity contribution in [3.63, 3.8) is 0 Å². The van der Waals surface area contributed by atoms with E-state index < -0.39 is 0 Å². The first-order valence-corrected chi connectivity index (χ1v) is 6.94. The molecule has 0 aliphatic rings. The van der Waals surface area contributed by atoms with Crippen molar-refractivity contribution < 1.29 is 0 Å². The van der Waals surface area contributed by atoms with Crippen LogP contribution in [0.25, 0.3) is 0 Å². The number of nitrogens with one attached hydrogen (secondary N) is 1. The van der Waals surface area contributed by atoms with Gasteiger partial charge in [0, 0.05) is 18.4 Å². The largest absolute Gasteiger partial charge is 0.316 e. The highest BCUT2D eigenvalue weighted by atomic mass is 35.5. The van der Waals surface area contributed by atoms with Crippen LogP contribution in [0.5, 0.6) is 0 Å². The molecule has 0 radical (unpaired) electrons. The standard InChI is InChI=1S/C15H16Cl2N2/c1-18-13(8-12-3-2-6-19-10-12)7-11-4-5-14(16)15(17)9-11/h2-6,9-10,13,18H,7-8H2,1H3. The maximum Gasteiger partial charge on any atom is 0.0595 e. The van der Waals surface area contributed by atoms with Crippen molar-refractivity contribution in [1.82, 2.24) is 10.3 Å². The first kappa shape index (κ1) is 14.3. The fraction of sp³-hybridized carbons (Fsp3) is 0.267. The minimum atomic E-state index is 0.349. The van der Waals surface area contributed by atoms with Crippen LogP contribution in [-0.2, 0) is 12.8 Å². The zero-order valence-corrected chi connectivity index (χ0v) is 12.2. The number of halogens is 2. The lowest BCUT2D eigenvalue weighted by Gasteiger charge is -2.16. The molecular formula is C15H16Cl2N2. The van der Waals surface area contributed by atoms with E-state index in [1.807, 2.05) is 37.5 Å². The van der Waals surface area contributed by atoms with E-state index in [4.69, 9.17) is 23.2 Å². The van der Waals surface area contributed by atoms with Crippen molar-refractivity contribution >= 4 is 23.2 Å². The van der Waals surface area contributed by atoms with Gasteiger partial charge in [-0.2, -0.15) is 0 Å². The number of aromatic nitrogens is 1. The molecule has 0 bridgehead atoms. The Balaban J connectivity index is 2.04. The SMILES string of the molecule is CNC(Cc1cccnc1)Cc1ccc(Cl)c(Cl)c1. The predicted molar refractivity (Wildman–Crippen MR) is 81.0 cm³/mol. The van der Waals surface area contributed by atoms with Crippen LogP contribution in [-0.4, -0.2) is 18.1 Å².